The number of aldehydes is 1. The van der Waals surface area contributed by atoms with E-state index < -0.39 is 60.5 Å². The van der Waals surface area contributed by atoms with Gasteiger partial charge in [0.15, 0.2) is 6.29 Å². The molecule has 0 spiro atoms. The zero-order valence-corrected chi connectivity index (χ0v) is 12.1. The van der Waals surface area contributed by atoms with Gasteiger partial charge >= 0.3 is 0 Å². The molecule has 0 aliphatic carbocycles. The first-order chi connectivity index (χ1) is 11.1. The van der Waals surface area contributed by atoms with Crippen LogP contribution in [0.5, 0.6) is 0 Å². The Morgan fingerprint density at radius 2 is 1.38 bits per heavy atom. The molecule has 0 amide bonds. The van der Waals surface area contributed by atoms with Crippen LogP contribution < -0.4 is 0 Å². The van der Waals surface area contributed by atoms with Crippen molar-refractivity contribution >= 4 is 17.9 Å². The van der Waals surface area contributed by atoms with Crippen LogP contribution in [-0.2, 0) is 14.4 Å². The van der Waals surface area contributed by atoms with E-state index in [1.54, 1.807) is 0 Å². The average Bonchev–Trinajstić information content (AvgIpc) is 2.60. The Bertz CT molecular complexity index is 553. The number of nitriles is 2. The molecular formula is C13H16N2O9. The minimum atomic E-state index is -2.57. The number of aliphatic hydroxyl groups excluding tert-OH is 6. The van der Waals surface area contributed by atoms with Gasteiger partial charge in [-0.15, -0.1) is 0 Å². The molecule has 24 heavy (non-hydrogen) atoms. The van der Waals surface area contributed by atoms with Gasteiger partial charge in [0.25, 0.3) is 0 Å². The van der Waals surface area contributed by atoms with Crippen molar-refractivity contribution in [3.05, 3.63) is 0 Å². The molecule has 6 N–H and O–H groups in total. The van der Waals surface area contributed by atoms with E-state index in [2.05, 4.69) is 0 Å². The van der Waals surface area contributed by atoms with E-state index in [0.717, 1.165) is 0 Å². The molecule has 7 unspecified atom stereocenters. The van der Waals surface area contributed by atoms with Crippen LogP contribution in [0, 0.1) is 28.6 Å². The quantitative estimate of drug-likeness (QED) is 0.164. The number of carbonyl (C=O) groups excluding carboxylic acids is 3. The van der Waals surface area contributed by atoms with E-state index in [1.807, 2.05) is 0 Å². The Kier molecular flexibility index (Phi) is 8.87. The Hall–Kier alpha value is -2.25. The number of ketones is 2. The molecule has 0 aliphatic rings. The lowest BCUT2D eigenvalue weighted by atomic mass is 9.90. The van der Waals surface area contributed by atoms with Gasteiger partial charge in [-0.2, -0.15) is 10.5 Å². The summed E-state index contributed by atoms with van der Waals surface area (Å²) in [5.41, 5.74) is 0. The number of hydrogen-bond acceptors (Lipinski definition) is 11. The molecule has 0 heterocycles. The van der Waals surface area contributed by atoms with Crippen LogP contribution in [0.1, 0.15) is 6.42 Å². The summed E-state index contributed by atoms with van der Waals surface area (Å²) in [7, 11) is 0. The fourth-order valence-electron chi connectivity index (χ4n) is 1.63. The monoisotopic (exact) mass is 344 g/mol. The molecule has 11 heteroatoms. The average molecular weight is 344 g/mol. The van der Waals surface area contributed by atoms with Crippen molar-refractivity contribution in [3.63, 3.8) is 0 Å². The number of hydrogen-bond donors (Lipinski definition) is 6. The zero-order valence-electron chi connectivity index (χ0n) is 12.1. The molecule has 0 rings (SSSR count). The zero-order chi connectivity index (χ0) is 19.0. The van der Waals surface area contributed by atoms with E-state index in [4.69, 9.17) is 15.6 Å². The predicted molar refractivity (Wildman–Crippen MR) is 71.5 cm³/mol. The normalized spacial score (nSPS) is 19.5. The van der Waals surface area contributed by atoms with E-state index in [0.29, 0.717) is 0 Å². The molecule has 0 radical (unpaired) electrons. The highest BCUT2D eigenvalue weighted by molar-refractivity contribution is 6.40. The second-order valence-corrected chi connectivity index (χ2v) is 4.81. The van der Waals surface area contributed by atoms with Crippen LogP contribution in [0.15, 0.2) is 0 Å². The second-order valence-electron chi connectivity index (χ2n) is 4.81. The highest BCUT2D eigenvalue weighted by atomic mass is 16.4. The van der Waals surface area contributed by atoms with Crippen LogP contribution >= 0.6 is 0 Å². The van der Waals surface area contributed by atoms with Crippen molar-refractivity contribution in [3.8, 4) is 12.1 Å². The van der Waals surface area contributed by atoms with Crippen LogP contribution in [0.3, 0.4) is 0 Å². The number of aliphatic hydroxyl groups is 6. The van der Waals surface area contributed by atoms with Crippen molar-refractivity contribution in [2.75, 3.05) is 0 Å². The molecule has 11 nitrogen and oxygen atoms in total. The first kappa shape index (κ1) is 21.8. The summed E-state index contributed by atoms with van der Waals surface area (Å²) in [4.78, 5) is 33.6. The summed E-state index contributed by atoms with van der Waals surface area (Å²) in [6.07, 6.45) is -15.0. The van der Waals surface area contributed by atoms with Gasteiger partial charge < -0.3 is 35.4 Å². The smallest absolute Gasteiger partial charge is 0.230 e. The van der Waals surface area contributed by atoms with E-state index in [-0.39, 0.29) is 6.29 Å². The van der Waals surface area contributed by atoms with Crippen LogP contribution in [0.4, 0.5) is 0 Å². The van der Waals surface area contributed by atoms with Gasteiger partial charge in [-0.1, -0.05) is 0 Å². The van der Waals surface area contributed by atoms with Gasteiger partial charge in [0, 0.05) is 0 Å². The molecule has 0 aromatic rings. The van der Waals surface area contributed by atoms with Crippen molar-refractivity contribution in [2.24, 2.45) is 5.92 Å². The first-order valence-electron chi connectivity index (χ1n) is 6.52. The molecule has 0 fully saturated rings. The summed E-state index contributed by atoms with van der Waals surface area (Å²) >= 11 is 0. The molecule has 0 aliphatic heterocycles. The lowest BCUT2D eigenvalue weighted by Crippen LogP contribution is -2.55. The minimum absolute atomic E-state index is 0.169. The highest BCUT2D eigenvalue weighted by Crippen LogP contribution is 2.13. The Morgan fingerprint density at radius 3 is 1.79 bits per heavy atom. The third-order valence-electron chi connectivity index (χ3n) is 3.14. The number of rotatable bonds is 10. The molecule has 0 saturated heterocycles. The maximum atomic E-state index is 11.7. The molecule has 132 valence electrons. The standard InChI is InChI=1S/C13H16N2O9/c14-2-1-5(3-15)7(18)9(20)11(22)13(24)12(23)10(21)8(19)6(17)4-16/h4-6,8,10-13,17,19,21-24H,1H2. The summed E-state index contributed by atoms with van der Waals surface area (Å²) in [5, 5.41) is 73.6. The number of Topliss-reactive ketones (excluding diaryl/α,β-unsaturated/α-hetero) is 2. The minimum Gasteiger partial charge on any atom is -0.387 e. The number of nitrogens with zero attached hydrogens (tertiary/aromatic N) is 2. The Balaban J connectivity index is 5.09. The van der Waals surface area contributed by atoms with Crippen molar-refractivity contribution < 1.29 is 45.0 Å². The van der Waals surface area contributed by atoms with E-state index in [9.17, 15) is 39.9 Å². The molecule has 0 saturated carbocycles. The van der Waals surface area contributed by atoms with Gasteiger partial charge in [-0.3, -0.25) is 9.59 Å². The van der Waals surface area contributed by atoms with Crippen molar-refractivity contribution in [1.29, 1.82) is 10.5 Å². The molecular weight excluding hydrogens is 328 g/mol. The van der Waals surface area contributed by atoms with Gasteiger partial charge in [-0.25, -0.2) is 0 Å². The Morgan fingerprint density at radius 1 is 0.875 bits per heavy atom. The van der Waals surface area contributed by atoms with Gasteiger partial charge in [0.1, 0.15) is 42.5 Å². The maximum absolute atomic E-state index is 11.7. The second kappa shape index (κ2) is 9.79. The number of carbonyl (C=O) groups is 3. The Labute approximate surface area is 135 Å². The lowest BCUT2D eigenvalue weighted by Gasteiger charge is -2.29. The summed E-state index contributed by atoms with van der Waals surface area (Å²) < 4.78 is 0. The van der Waals surface area contributed by atoms with Crippen molar-refractivity contribution in [1.82, 2.24) is 0 Å². The summed E-state index contributed by atoms with van der Waals surface area (Å²) in [5.74, 6) is -4.87. The van der Waals surface area contributed by atoms with Gasteiger partial charge in [-0.05, 0) is 0 Å². The van der Waals surface area contributed by atoms with Crippen LogP contribution in [0.25, 0.3) is 0 Å². The van der Waals surface area contributed by atoms with E-state index in [1.165, 1.54) is 12.1 Å². The highest BCUT2D eigenvalue weighted by Gasteiger charge is 2.41. The molecule has 0 bridgehead atoms. The SMILES string of the molecule is N#CCC(C#N)C(=O)C(=O)C(O)C(O)C(O)C(O)C(O)C(O)C=O. The predicted octanol–water partition coefficient (Wildman–Crippen LogP) is -4.46. The van der Waals surface area contributed by atoms with Crippen LogP contribution in [0.2, 0.25) is 0 Å². The molecule has 7 atom stereocenters. The fourth-order valence-corrected chi connectivity index (χ4v) is 1.63. The fraction of sp³-hybridized carbons (Fsp3) is 0.615. The van der Waals surface area contributed by atoms with E-state index >= 15 is 0 Å². The lowest BCUT2D eigenvalue weighted by molar-refractivity contribution is -0.166. The summed E-state index contributed by atoms with van der Waals surface area (Å²) in [6.45, 7) is 0. The largest absolute Gasteiger partial charge is 0.387 e. The van der Waals surface area contributed by atoms with Gasteiger partial charge in [0.05, 0.1) is 18.6 Å². The third kappa shape index (κ3) is 5.14. The summed E-state index contributed by atoms with van der Waals surface area (Å²) in [6, 6.07) is 2.84. The maximum Gasteiger partial charge on any atom is 0.230 e. The molecule has 0 aromatic heterocycles. The van der Waals surface area contributed by atoms with Crippen LogP contribution in [-0.4, -0.2) is 85.1 Å². The van der Waals surface area contributed by atoms with Gasteiger partial charge in [0.2, 0.25) is 11.6 Å². The first-order valence-corrected chi connectivity index (χ1v) is 6.52. The third-order valence-corrected chi connectivity index (χ3v) is 3.14. The topological polar surface area (TPSA) is 220 Å². The van der Waals surface area contributed by atoms with Crippen molar-refractivity contribution in [2.45, 2.75) is 43.0 Å². The molecule has 0 aromatic carbocycles.